The number of aliphatic hydroxyl groups is 1. The van der Waals surface area contributed by atoms with Gasteiger partial charge in [-0.25, -0.2) is 0 Å². The Morgan fingerprint density at radius 1 is 0.966 bits per heavy atom. The van der Waals surface area contributed by atoms with Gasteiger partial charge in [-0.05, 0) is 39.9 Å². The molecule has 0 spiro atoms. The molecule has 0 fully saturated rings. The molecule has 0 radical (unpaired) electrons. The summed E-state index contributed by atoms with van der Waals surface area (Å²) < 4.78 is 0. The van der Waals surface area contributed by atoms with Gasteiger partial charge in [0.15, 0.2) is 0 Å². The fraction of sp³-hybridized carbons (Fsp3) is 0.720. The van der Waals surface area contributed by atoms with E-state index in [0.717, 1.165) is 29.5 Å². The van der Waals surface area contributed by atoms with Gasteiger partial charge in [0.25, 0.3) is 0 Å². The number of rotatable bonds is 7. The molecule has 1 unspecified atom stereocenters. The van der Waals surface area contributed by atoms with Crippen LogP contribution in [0.5, 0.6) is 5.75 Å². The van der Waals surface area contributed by atoms with Gasteiger partial charge in [0.05, 0.1) is 0 Å². The minimum absolute atomic E-state index is 0.127. The van der Waals surface area contributed by atoms with Crippen molar-refractivity contribution in [1.29, 1.82) is 0 Å². The molecule has 1 atom stereocenters. The number of carboxylic acid groups (broad SMARTS) is 1. The van der Waals surface area contributed by atoms with Crippen molar-refractivity contribution < 1.29 is 20.1 Å². The lowest BCUT2D eigenvalue weighted by Crippen LogP contribution is -2.19. The molecule has 0 saturated heterocycles. The number of benzene rings is 1. The van der Waals surface area contributed by atoms with E-state index in [1.165, 1.54) is 6.42 Å². The molecule has 1 rings (SSSR count). The zero-order valence-corrected chi connectivity index (χ0v) is 20.1. The van der Waals surface area contributed by atoms with Crippen LogP contribution in [0.3, 0.4) is 0 Å². The van der Waals surface area contributed by atoms with Gasteiger partial charge in [0.2, 0.25) is 0 Å². The van der Waals surface area contributed by atoms with Gasteiger partial charge < -0.3 is 15.3 Å². The summed E-state index contributed by atoms with van der Waals surface area (Å²) in [5.41, 5.74) is 2.86. The van der Waals surface area contributed by atoms with Gasteiger partial charge >= 0.3 is 5.97 Å². The zero-order chi connectivity index (χ0) is 23.0. The van der Waals surface area contributed by atoms with E-state index in [1.54, 1.807) is 6.92 Å². The molecule has 0 aromatic heterocycles. The smallest absolute Gasteiger partial charge is 0.303 e. The van der Waals surface area contributed by atoms with E-state index < -0.39 is 5.97 Å². The van der Waals surface area contributed by atoms with E-state index >= 15 is 0 Å². The Kier molecular flexibility index (Phi) is 11.0. The summed E-state index contributed by atoms with van der Waals surface area (Å²) in [6.45, 7) is 19.0. The maximum absolute atomic E-state index is 10.8. The molecule has 1 aromatic carbocycles. The van der Waals surface area contributed by atoms with Crippen LogP contribution in [0.15, 0.2) is 12.1 Å². The first kappa shape index (κ1) is 27.5. The topological polar surface area (TPSA) is 77.8 Å². The zero-order valence-electron chi connectivity index (χ0n) is 20.1. The average Bonchev–Trinajstić information content (AvgIpc) is 2.57. The third-order valence-electron chi connectivity index (χ3n) is 5.08. The van der Waals surface area contributed by atoms with E-state index in [0.29, 0.717) is 11.7 Å². The van der Waals surface area contributed by atoms with E-state index in [-0.39, 0.29) is 29.8 Å². The van der Waals surface area contributed by atoms with Crippen molar-refractivity contribution in [3.63, 3.8) is 0 Å². The molecule has 4 nitrogen and oxygen atoms in total. The predicted molar refractivity (Wildman–Crippen MR) is 122 cm³/mol. The van der Waals surface area contributed by atoms with Crippen LogP contribution >= 0.6 is 0 Å². The molecular formula is C25H44O4. The van der Waals surface area contributed by atoms with Crippen LogP contribution in [-0.2, 0) is 15.6 Å². The molecule has 4 heteroatoms. The normalized spacial score (nSPS) is 13.1. The van der Waals surface area contributed by atoms with Crippen molar-refractivity contribution in [2.75, 3.05) is 6.61 Å². The Balaban J connectivity index is 0.00000139. The summed E-state index contributed by atoms with van der Waals surface area (Å²) in [5.74, 6) is 0.508. The van der Waals surface area contributed by atoms with Gasteiger partial charge in [-0.1, -0.05) is 87.3 Å². The SMILES string of the molecule is CC(C)CCCC(CO)c1cc(C(C)(C)C)c(O)c(C(C)(C)C)c1.CCC(=O)O. The van der Waals surface area contributed by atoms with Crippen LogP contribution in [0.25, 0.3) is 0 Å². The molecule has 29 heavy (non-hydrogen) atoms. The van der Waals surface area contributed by atoms with Crippen LogP contribution in [0.2, 0.25) is 0 Å². The quantitative estimate of drug-likeness (QED) is 0.490. The van der Waals surface area contributed by atoms with Crippen molar-refractivity contribution >= 4 is 5.97 Å². The number of hydrogen-bond donors (Lipinski definition) is 3. The second-order valence-corrected chi connectivity index (χ2v) is 10.4. The Morgan fingerprint density at radius 3 is 1.66 bits per heavy atom. The maximum Gasteiger partial charge on any atom is 0.303 e. The minimum atomic E-state index is -0.745. The molecule has 0 bridgehead atoms. The van der Waals surface area contributed by atoms with Crippen molar-refractivity contribution in [3.8, 4) is 5.75 Å². The third-order valence-corrected chi connectivity index (χ3v) is 5.08. The highest BCUT2D eigenvalue weighted by atomic mass is 16.4. The molecule has 0 amide bonds. The molecule has 1 aromatic rings. The van der Waals surface area contributed by atoms with Gasteiger partial charge in [-0.3, -0.25) is 4.79 Å². The number of carboxylic acids is 1. The Labute approximate surface area is 178 Å². The summed E-state index contributed by atoms with van der Waals surface area (Å²) in [6, 6.07) is 4.22. The molecule has 0 aliphatic rings. The highest BCUT2D eigenvalue weighted by molar-refractivity contribution is 5.66. The van der Waals surface area contributed by atoms with Crippen LogP contribution in [0, 0.1) is 5.92 Å². The Morgan fingerprint density at radius 2 is 1.38 bits per heavy atom. The van der Waals surface area contributed by atoms with Gasteiger partial charge in [-0.15, -0.1) is 0 Å². The average molecular weight is 409 g/mol. The second kappa shape index (κ2) is 11.6. The van der Waals surface area contributed by atoms with E-state index in [1.807, 2.05) is 0 Å². The number of aliphatic hydroxyl groups excluding tert-OH is 1. The first-order chi connectivity index (χ1) is 13.1. The van der Waals surface area contributed by atoms with Gasteiger partial charge in [0, 0.05) is 18.9 Å². The standard InChI is InChI=1S/C22H38O2.C3H6O2/c1-15(2)10-9-11-16(14-23)17-12-18(21(3,4)5)20(24)19(13-17)22(6,7)8;1-2-3(4)5/h12-13,15-16,23-24H,9-11,14H2,1-8H3;2H2,1H3,(H,4,5). The lowest BCUT2D eigenvalue weighted by atomic mass is 9.76. The van der Waals surface area contributed by atoms with Gasteiger partial charge in [-0.2, -0.15) is 0 Å². The number of phenolic OH excluding ortho intramolecular Hbond substituents is 1. The predicted octanol–water partition coefficient (Wildman–Crippen LogP) is 6.37. The van der Waals surface area contributed by atoms with Crippen molar-refractivity contribution in [1.82, 2.24) is 0 Å². The van der Waals surface area contributed by atoms with Gasteiger partial charge in [0.1, 0.15) is 5.75 Å². The Hall–Kier alpha value is -1.55. The fourth-order valence-corrected chi connectivity index (χ4v) is 3.17. The number of aliphatic carboxylic acids is 1. The van der Waals surface area contributed by atoms with Crippen molar-refractivity contribution in [3.05, 3.63) is 28.8 Å². The highest BCUT2D eigenvalue weighted by Crippen LogP contribution is 2.41. The van der Waals surface area contributed by atoms with Crippen molar-refractivity contribution in [2.45, 2.75) is 105 Å². The summed E-state index contributed by atoms with van der Waals surface area (Å²) in [6.07, 6.45) is 3.53. The largest absolute Gasteiger partial charge is 0.507 e. The first-order valence-corrected chi connectivity index (χ1v) is 10.9. The maximum atomic E-state index is 10.8. The van der Waals surface area contributed by atoms with Crippen molar-refractivity contribution in [2.24, 2.45) is 5.92 Å². The lowest BCUT2D eigenvalue weighted by Gasteiger charge is -2.29. The molecular weight excluding hydrogens is 364 g/mol. The molecule has 0 aliphatic heterocycles. The van der Waals surface area contributed by atoms with Crippen LogP contribution in [-0.4, -0.2) is 27.9 Å². The number of phenols is 1. The Bertz CT molecular complexity index is 598. The lowest BCUT2D eigenvalue weighted by molar-refractivity contribution is -0.136. The molecule has 3 N–H and O–H groups in total. The second-order valence-electron chi connectivity index (χ2n) is 10.4. The van der Waals surface area contributed by atoms with E-state index in [2.05, 4.69) is 67.5 Å². The highest BCUT2D eigenvalue weighted by Gasteiger charge is 2.28. The van der Waals surface area contributed by atoms with Crippen LogP contribution in [0.4, 0.5) is 0 Å². The third kappa shape index (κ3) is 9.66. The summed E-state index contributed by atoms with van der Waals surface area (Å²) >= 11 is 0. The summed E-state index contributed by atoms with van der Waals surface area (Å²) in [5, 5.41) is 28.5. The monoisotopic (exact) mass is 408 g/mol. The number of aromatic hydroxyl groups is 1. The first-order valence-electron chi connectivity index (χ1n) is 10.9. The summed E-state index contributed by atoms with van der Waals surface area (Å²) in [7, 11) is 0. The molecule has 0 aliphatic carbocycles. The molecule has 0 heterocycles. The van der Waals surface area contributed by atoms with E-state index in [9.17, 15) is 15.0 Å². The number of hydrogen-bond acceptors (Lipinski definition) is 3. The number of carbonyl (C=O) groups is 1. The molecule has 168 valence electrons. The van der Waals surface area contributed by atoms with E-state index in [4.69, 9.17) is 5.11 Å². The fourth-order valence-electron chi connectivity index (χ4n) is 3.17. The van der Waals surface area contributed by atoms with Crippen LogP contribution in [0.1, 0.15) is 111 Å². The summed E-state index contributed by atoms with van der Waals surface area (Å²) in [4.78, 5) is 9.37. The molecule has 0 saturated carbocycles. The van der Waals surface area contributed by atoms with Crippen LogP contribution < -0.4 is 0 Å². The minimum Gasteiger partial charge on any atom is -0.507 e.